The van der Waals surface area contributed by atoms with Gasteiger partial charge in [-0.15, -0.1) is 0 Å². The van der Waals surface area contributed by atoms with E-state index in [0.29, 0.717) is 10.8 Å². The van der Waals surface area contributed by atoms with Gasteiger partial charge in [-0.3, -0.25) is 4.98 Å². The first kappa shape index (κ1) is 11.0. The van der Waals surface area contributed by atoms with Crippen LogP contribution in [0.2, 0.25) is 5.02 Å². The van der Waals surface area contributed by atoms with Crippen molar-refractivity contribution >= 4 is 28.2 Å². The number of nitrogen functional groups attached to an aromatic ring is 1. The molecule has 3 nitrogen and oxygen atoms in total. The zero-order valence-electron chi connectivity index (χ0n) is 9.47. The monoisotopic (exact) mass is 255 g/mol. The van der Waals surface area contributed by atoms with Crippen LogP contribution in [0.1, 0.15) is 0 Å². The van der Waals surface area contributed by atoms with Gasteiger partial charge < -0.3 is 5.73 Å². The van der Waals surface area contributed by atoms with Gasteiger partial charge in [0, 0.05) is 34.6 Å². The Kier molecular flexibility index (Phi) is 2.61. The predicted molar refractivity (Wildman–Crippen MR) is 74.4 cm³/mol. The maximum Gasteiger partial charge on any atom is 0.132 e. The maximum absolute atomic E-state index is 5.90. The molecule has 1 aromatic carbocycles. The van der Waals surface area contributed by atoms with Gasteiger partial charge in [-0.2, -0.15) is 0 Å². The van der Waals surface area contributed by atoms with Crippen LogP contribution in [0.15, 0.2) is 48.9 Å². The fourth-order valence-corrected chi connectivity index (χ4v) is 2.09. The third kappa shape index (κ3) is 1.79. The Bertz CT molecular complexity index is 708. The van der Waals surface area contributed by atoms with E-state index in [1.807, 2.05) is 30.3 Å². The van der Waals surface area contributed by atoms with Crippen LogP contribution in [-0.2, 0) is 0 Å². The first-order valence-electron chi connectivity index (χ1n) is 5.50. The van der Waals surface area contributed by atoms with E-state index in [2.05, 4.69) is 9.97 Å². The predicted octanol–water partition coefficient (Wildman–Crippen LogP) is 3.53. The summed E-state index contributed by atoms with van der Waals surface area (Å²) in [4.78, 5) is 8.29. The van der Waals surface area contributed by atoms with Crippen LogP contribution in [0.4, 0.5) is 5.82 Å². The average Bonchev–Trinajstić information content (AvgIpc) is 2.41. The van der Waals surface area contributed by atoms with Gasteiger partial charge >= 0.3 is 0 Å². The van der Waals surface area contributed by atoms with E-state index >= 15 is 0 Å². The van der Waals surface area contributed by atoms with Gasteiger partial charge in [-0.1, -0.05) is 23.7 Å². The molecule has 0 saturated heterocycles. The molecule has 0 radical (unpaired) electrons. The molecular formula is C14H10ClN3. The van der Waals surface area contributed by atoms with Crippen molar-refractivity contribution in [3.63, 3.8) is 0 Å². The Labute approximate surface area is 109 Å². The Morgan fingerprint density at radius 1 is 0.944 bits per heavy atom. The van der Waals surface area contributed by atoms with E-state index in [9.17, 15) is 0 Å². The number of benzene rings is 1. The lowest BCUT2D eigenvalue weighted by atomic mass is 10.0. The number of hydrogen-bond acceptors (Lipinski definition) is 3. The second kappa shape index (κ2) is 4.27. The van der Waals surface area contributed by atoms with Crippen LogP contribution in [0.25, 0.3) is 21.9 Å². The Balaban J connectivity index is 2.30. The number of pyridine rings is 2. The summed E-state index contributed by atoms with van der Waals surface area (Å²) >= 11 is 5.90. The quantitative estimate of drug-likeness (QED) is 0.724. The van der Waals surface area contributed by atoms with E-state index in [4.69, 9.17) is 17.3 Å². The Hall–Kier alpha value is -2.13. The van der Waals surface area contributed by atoms with Gasteiger partial charge in [0.1, 0.15) is 5.82 Å². The van der Waals surface area contributed by atoms with E-state index < -0.39 is 0 Å². The lowest BCUT2D eigenvalue weighted by Crippen LogP contribution is -1.93. The molecule has 3 aromatic rings. The largest absolute Gasteiger partial charge is 0.383 e. The molecule has 2 N–H and O–H groups in total. The van der Waals surface area contributed by atoms with Gasteiger partial charge in [0.15, 0.2) is 0 Å². The number of nitrogens with two attached hydrogens (primary N) is 1. The minimum atomic E-state index is 0.496. The highest BCUT2D eigenvalue weighted by Crippen LogP contribution is 2.30. The van der Waals surface area contributed by atoms with Crippen LogP contribution in [0.5, 0.6) is 0 Å². The van der Waals surface area contributed by atoms with Crippen molar-refractivity contribution in [2.24, 2.45) is 0 Å². The molecule has 3 rings (SSSR count). The van der Waals surface area contributed by atoms with E-state index in [-0.39, 0.29) is 0 Å². The summed E-state index contributed by atoms with van der Waals surface area (Å²) in [6.45, 7) is 0. The fraction of sp³-hybridized carbons (Fsp3) is 0. The lowest BCUT2D eigenvalue weighted by Gasteiger charge is -2.07. The maximum atomic E-state index is 5.90. The standard InChI is InChI=1S/C14H10ClN3/c15-10-3-1-9(2-4-10)12-8-18-14(16)13-7-17-6-5-11(12)13/h1-8H,(H2,16,18). The number of hydrogen-bond donors (Lipinski definition) is 1. The number of fused-ring (bicyclic) bond motifs is 1. The molecule has 0 saturated carbocycles. The zero-order valence-corrected chi connectivity index (χ0v) is 10.2. The highest BCUT2D eigenvalue weighted by atomic mass is 35.5. The minimum Gasteiger partial charge on any atom is -0.383 e. The van der Waals surface area contributed by atoms with Crippen LogP contribution in [0.3, 0.4) is 0 Å². The second-order valence-electron chi connectivity index (χ2n) is 3.99. The molecule has 2 heterocycles. The second-order valence-corrected chi connectivity index (χ2v) is 4.42. The molecule has 2 aromatic heterocycles. The van der Waals surface area contributed by atoms with Crippen LogP contribution in [-0.4, -0.2) is 9.97 Å². The van der Waals surface area contributed by atoms with Crippen LogP contribution in [0, 0.1) is 0 Å². The smallest absolute Gasteiger partial charge is 0.132 e. The molecule has 0 aliphatic heterocycles. The van der Waals surface area contributed by atoms with E-state index in [1.54, 1.807) is 18.6 Å². The molecule has 0 aliphatic rings. The molecule has 88 valence electrons. The minimum absolute atomic E-state index is 0.496. The molecule has 0 amide bonds. The molecule has 0 bridgehead atoms. The summed E-state index contributed by atoms with van der Waals surface area (Å²) in [7, 11) is 0. The fourth-order valence-electron chi connectivity index (χ4n) is 1.97. The van der Waals surface area contributed by atoms with E-state index in [1.165, 1.54) is 0 Å². The molecule has 18 heavy (non-hydrogen) atoms. The number of halogens is 1. The first-order valence-corrected chi connectivity index (χ1v) is 5.87. The van der Waals surface area contributed by atoms with Crippen molar-refractivity contribution in [2.45, 2.75) is 0 Å². The van der Waals surface area contributed by atoms with Gasteiger partial charge in [-0.05, 0) is 29.1 Å². The first-order chi connectivity index (χ1) is 8.75. The number of aromatic nitrogens is 2. The third-order valence-electron chi connectivity index (χ3n) is 2.88. The van der Waals surface area contributed by atoms with Gasteiger partial charge in [0.2, 0.25) is 0 Å². The molecule has 0 spiro atoms. The van der Waals surface area contributed by atoms with Gasteiger partial charge in [-0.25, -0.2) is 4.98 Å². The van der Waals surface area contributed by atoms with Crippen molar-refractivity contribution in [2.75, 3.05) is 5.73 Å². The summed E-state index contributed by atoms with van der Waals surface area (Å²) in [5, 5.41) is 2.62. The molecule has 0 unspecified atom stereocenters. The Morgan fingerprint density at radius 3 is 2.50 bits per heavy atom. The highest BCUT2D eigenvalue weighted by molar-refractivity contribution is 6.30. The SMILES string of the molecule is Nc1ncc(-c2ccc(Cl)cc2)c2ccncc12. The lowest BCUT2D eigenvalue weighted by molar-refractivity contribution is 1.32. The topological polar surface area (TPSA) is 51.8 Å². The van der Waals surface area contributed by atoms with Crippen LogP contribution >= 0.6 is 11.6 Å². The summed E-state index contributed by atoms with van der Waals surface area (Å²) in [6.07, 6.45) is 5.26. The van der Waals surface area contributed by atoms with E-state index in [0.717, 1.165) is 21.9 Å². The zero-order chi connectivity index (χ0) is 12.5. The average molecular weight is 256 g/mol. The van der Waals surface area contributed by atoms with Gasteiger partial charge in [0.05, 0.1) is 0 Å². The third-order valence-corrected chi connectivity index (χ3v) is 3.13. The van der Waals surface area contributed by atoms with Crippen molar-refractivity contribution in [1.29, 1.82) is 0 Å². The summed E-state index contributed by atoms with van der Waals surface area (Å²) in [5.41, 5.74) is 7.94. The number of rotatable bonds is 1. The Morgan fingerprint density at radius 2 is 1.72 bits per heavy atom. The molecule has 0 fully saturated rings. The summed E-state index contributed by atoms with van der Waals surface area (Å²) in [6, 6.07) is 9.60. The molecule has 0 aliphatic carbocycles. The highest BCUT2D eigenvalue weighted by Gasteiger charge is 2.07. The summed E-state index contributed by atoms with van der Waals surface area (Å²) < 4.78 is 0. The number of anilines is 1. The van der Waals surface area contributed by atoms with Gasteiger partial charge in [0.25, 0.3) is 0 Å². The van der Waals surface area contributed by atoms with Crippen LogP contribution < -0.4 is 5.73 Å². The van der Waals surface area contributed by atoms with Crippen molar-refractivity contribution in [3.8, 4) is 11.1 Å². The molecular weight excluding hydrogens is 246 g/mol. The number of nitrogens with zero attached hydrogens (tertiary/aromatic N) is 2. The van der Waals surface area contributed by atoms with Crippen molar-refractivity contribution in [3.05, 3.63) is 53.9 Å². The summed E-state index contributed by atoms with van der Waals surface area (Å²) in [5.74, 6) is 0.496. The van der Waals surface area contributed by atoms with Crippen molar-refractivity contribution in [1.82, 2.24) is 9.97 Å². The molecule has 4 heteroatoms. The molecule has 0 atom stereocenters. The normalized spacial score (nSPS) is 10.7. The van der Waals surface area contributed by atoms with Crippen molar-refractivity contribution < 1.29 is 0 Å².